The van der Waals surface area contributed by atoms with Crippen LogP contribution >= 0.6 is 11.8 Å². The molecule has 2 heterocycles. The van der Waals surface area contributed by atoms with E-state index in [0.717, 1.165) is 5.03 Å². The standard InChI is InChI=1S/C45H52N2S/c1-42(2,3)31-16-17-39-37(25-31)38-27-34(45(10,11)12)26-36(41(38)47-39)30-19-28(20-32(22-30)43(4,5)6)29-21-33(44(7,8)9)24-35(23-29)48-40-15-13-14-18-46-40/h13-27,47H,1-12H3. The van der Waals surface area contributed by atoms with E-state index >= 15 is 0 Å². The molecule has 4 aromatic carbocycles. The molecule has 0 saturated carbocycles. The molecule has 0 spiro atoms. The van der Waals surface area contributed by atoms with Crippen molar-refractivity contribution in [3.05, 3.63) is 113 Å². The van der Waals surface area contributed by atoms with Crippen LogP contribution in [0.1, 0.15) is 105 Å². The Morgan fingerprint density at radius 1 is 0.500 bits per heavy atom. The molecule has 0 saturated heterocycles. The molecule has 0 aliphatic carbocycles. The fourth-order valence-corrected chi connectivity index (χ4v) is 7.17. The molecule has 0 amide bonds. The summed E-state index contributed by atoms with van der Waals surface area (Å²) in [5.41, 5.74) is 12.8. The van der Waals surface area contributed by atoms with Crippen LogP contribution in [0.15, 0.2) is 101 Å². The number of fused-ring (bicyclic) bond motifs is 3. The van der Waals surface area contributed by atoms with Gasteiger partial charge in [-0.05, 0) is 115 Å². The first-order valence-corrected chi connectivity index (χ1v) is 18.1. The Morgan fingerprint density at radius 2 is 1.06 bits per heavy atom. The van der Waals surface area contributed by atoms with Crippen molar-refractivity contribution in [3.8, 4) is 22.3 Å². The topological polar surface area (TPSA) is 28.7 Å². The first-order chi connectivity index (χ1) is 22.3. The predicted octanol–water partition coefficient (Wildman–Crippen LogP) is 13.4. The lowest BCUT2D eigenvalue weighted by molar-refractivity contribution is 0.588. The van der Waals surface area contributed by atoms with E-state index in [1.807, 2.05) is 12.3 Å². The van der Waals surface area contributed by atoms with E-state index in [2.05, 4.69) is 172 Å². The Hall–Kier alpha value is -3.82. The normalized spacial score (nSPS) is 13.1. The summed E-state index contributed by atoms with van der Waals surface area (Å²) in [7, 11) is 0. The maximum Gasteiger partial charge on any atom is 0.101 e. The highest BCUT2D eigenvalue weighted by molar-refractivity contribution is 7.99. The summed E-state index contributed by atoms with van der Waals surface area (Å²) in [6.07, 6.45) is 1.87. The summed E-state index contributed by atoms with van der Waals surface area (Å²) in [5, 5.41) is 3.60. The second-order valence-electron chi connectivity index (χ2n) is 17.6. The maximum atomic E-state index is 4.62. The molecule has 0 bridgehead atoms. The van der Waals surface area contributed by atoms with Crippen molar-refractivity contribution in [2.45, 2.75) is 115 Å². The van der Waals surface area contributed by atoms with Crippen LogP contribution in [0.2, 0.25) is 0 Å². The second-order valence-corrected chi connectivity index (χ2v) is 18.7. The van der Waals surface area contributed by atoms with Crippen molar-refractivity contribution >= 4 is 33.6 Å². The summed E-state index contributed by atoms with van der Waals surface area (Å²) in [6.45, 7) is 27.7. The highest BCUT2D eigenvalue weighted by Gasteiger charge is 2.24. The Bertz CT molecular complexity index is 2120. The summed E-state index contributed by atoms with van der Waals surface area (Å²) in [6, 6.07) is 32.3. The number of pyridine rings is 1. The highest BCUT2D eigenvalue weighted by Crippen LogP contribution is 2.43. The van der Waals surface area contributed by atoms with Gasteiger partial charge in [0.05, 0.1) is 5.52 Å². The molecule has 6 aromatic rings. The zero-order valence-electron chi connectivity index (χ0n) is 31.0. The summed E-state index contributed by atoms with van der Waals surface area (Å²) in [4.78, 5) is 9.71. The lowest BCUT2D eigenvalue weighted by Gasteiger charge is -2.25. The van der Waals surface area contributed by atoms with Gasteiger partial charge in [0, 0.05) is 32.9 Å². The summed E-state index contributed by atoms with van der Waals surface area (Å²) >= 11 is 1.73. The van der Waals surface area contributed by atoms with E-state index in [9.17, 15) is 0 Å². The molecular weight excluding hydrogens is 601 g/mol. The van der Waals surface area contributed by atoms with Gasteiger partial charge in [-0.15, -0.1) is 0 Å². The zero-order chi connectivity index (χ0) is 34.8. The van der Waals surface area contributed by atoms with E-state index in [-0.39, 0.29) is 21.7 Å². The maximum absolute atomic E-state index is 4.62. The smallest absolute Gasteiger partial charge is 0.101 e. The predicted molar refractivity (Wildman–Crippen MR) is 210 cm³/mol. The van der Waals surface area contributed by atoms with Gasteiger partial charge < -0.3 is 4.98 Å². The Kier molecular flexibility index (Phi) is 8.48. The van der Waals surface area contributed by atoms with E-state index in [4.69, 9.17) is 0 Å². The van der Waals surface area contributed by atoms with Gasteiger partial charge in [-0.3, -0.25) is 0 Å². The average Bonchev–Trinajstić information content (AvgIpc) is 3.37. The quantitative estimate of drug-likeness (QED) is 0.205. The minimum absolute atomic E-state index is 0.00270. The molecule has 248 valence electrons. The Balaban J connectivity index is 1.63. The number of hydrogen-bond donors (Lipinski definition) is 1. The molecule has 6 rings (SSSR count). The van der Waals surface area contributed by atoms with Crippen LogP contribution in [0.5, 0.6) is 0 Å². The van der Waals surface area contributed by atoms with E-state index < -0.39 is 0 Å². The van der Waals surface area contributed by atoms with Crippen molar-refractivity contribution in [1.29, 1.82) is 0 Å². The first kappa shape index (κ1) is 34.1. The van der Waals surface area contributed by atoms with Gasteiger partial charge in [0.25, 0.3) is 0 Å². The van der Waals surface area contributed by atoms with E-state index in [0.29, 0.717) is 0 Å². The van der Waals surface area contributed by atoms with Crippen molar-refractivity contribution in [1.82, 2.24) is 9.97 Å². The van der Waals surface area contributed by atoms with Crippen LogP contribution in [0, 0.1) is 0 Å². The number of nitrogens with zero attached hydrogens (tertiary/aromatic N) is 1. The molecule has 2 aromatic heterocycles. The van der Waals surface area contributed by atoms with Crippen LogP contribution in [-0.2, 0) is 21.7 Å². The van der Waals surface area contributed by atoms with Crippen LogP contribution < -0.4 is 0 Å². The number of benzene rings is 4. The molecule has 0 radical (unpaired) electrons. The molecule has 48 heavy (non-hydrogen) atoms. The SMILES string of the molecule is CC(C)(C)c1cc(Sc2ccccn2)cc(-c2cc(-c3cc(C(C)(C)C)cc4c3[nH]c3ccc(C(C)(C)C)cc34)cc(C(C)(C)C)c2)c1. The van der Waals surface area contributed by atoms with Gasteiger partial charge in [-0.2, -0.15) is 0 Å². The van der Waals surface area contributed by atoms with Crippen LogP contribution in [0.25, 0.3) is 44.1 Å². The van der Waals surface area contributed by atoms with E-state index in [1.165, 1.54) is 71.2 Å². The molecule has 2 nitrogen and oxygen atoms in total. The average molecular weight is 653 g/mol. The minimum Gasteiger partial charge on any atom is -0.354 e. The van der Waals surface area contributed by atoms with Crippen LogP contribution in [0.4, 0.5) is 0 Å². The fourth-order valence-electron chi connectivity index (χ4n) is 6.30. The second kappa shape index (κ2) is 11.9. The number of nitrogens with one attached hydrogen (secondary N) is 1. The Labute approximate surface area is 292 Å². The highest BCUT2D eigenvalue weighted by atomic mass is 32.2. The van der Waals surface area contributed by atoms with Crippen molar-refractivity contribution in [2.24, 2.45) is 0 Å². The van der Waals surface area contributed by atoms with Gasteiger partial charge in [0.2, 0.25) is 0 Å². The number of aromatic amines is 1. The Morgan fingerprint density at radius 3 is 1.67 bits per heavy atom. The summed E-state index contributed by atoms with van der Waals surface area (Å²) in [5.74, 6) is 0. The lowest BCUT2D eigenvalue weighted by Crippen LogP contribution is -2.13. The fraction of sp³-hybridized carbons (Fsp3) is 0.356. The van der Waals surface area contributed by atoms with Gasteiger partial charge in [-0.1, -0.05) is 125 Å². The van der Waals surface area contributed by atoms with Crippen molar-refractivity contribution in [3.63, 3.8) is 0 Å². The number of aromatic nitrogens is 2. The van der Waals surface area contributed by atoms with E-state index in [1.54, 1.807) is 11.8 Å². The zero-order valence-corrected chi connectivity index (χ0v) is 31.8. The number of rotatable bonds is 4. The molecular formula is C45H52N2S. The molecule has 0 fully saturated rings. The third kappa shape index (κ3) is 6.99. The third-order valence-corrected chi connectivity index (χ3v) is 10.4. The van der Waals surface area contributed by atoms with Crippen molar-refractivity contribution in [2.75, 3.05) is 0 Å². The molecule has 0 unspecified atom stereocenters. The summed E-state index contributed by atoms with van der Waals surface area (Å²) < 4.78 is 0. The lowest BCUT2D eigenvalue weighted by atomic mass is 9.80. The largest absolute Gasteiger partial charge is 0.354 e. The van der Waals surface area contributed by atoms with Gasteiger partial charge in [-0.25, -0.2) is 4.98 Å². The minimum atomic E-state index is -0.0270. The number of H-pyrrole nitrogens is 1. The van der Waals surface area contributed by atoms with Gasteiger partial charge >= 0.3 is 0 Å². The van der Waals surface area contributed by atoms with Gasteiger partial charge in [0.15, 0.2) is 0 Å². The van der Waals surface area contributed by atoms with Crippen LogP contribution in [0.3, 0.4) is 0 Å². The molecule has 0 aliphatic heterocycles. The molecule has 1 N–H and O–H groups in total. The van der Waals surface area contributed by atoms with Crippen molar-refractivity contribution < 1.29 is 0 Å². The number of hydrogen-bond acceptors (Lipinski definition) is 2. The monoisotopic (exact) mass is 652 g/mol. The molecule has 3 heteroatoms. The molecule has 0 aliphatic rings. The van der Waals surface area contributed by atoms with Crippen LogP contribution in [-0.4, -0.2) is 9.97 Å². The van der Waals surface area contributed by atoms with Gasteiger partial charge in [0.1, 0.15) is 5.03 Å². The molecule has 0 atom stereocenters. The third-order valence-electron chi connectivity index (χ3n) is 9.52. The first-order valence-electron chi connectivity index (χ1n) is 17.3.